The fraction of sp³-hybridized carbons (Fsp3) is 0.900. The van der Waals surface area contributed by atoms with Crippen molar-refractivity contribution in [1.82, 2.24) is 5.32 Å². The Morgan fingerprint density at radius 1 is 1.50 bits per heavy atom. The first-order valence-corrected chi connectivity index (χ1v) is 5.74. The van der Waals surface area contributed by atoms with Crippen LogP contribution in [0.1, 0.15) is 39.0 Å². The van der Waals surface area contributed by atoms with E-state index in [1.165, 1.54) is 0 Å². The van der Waals surface area contributed by atoms with Crippen molar-refractivity contribution in [3.05, 3.63) is 0 Å². The van der Waals surface area contributed by atoms with Gasteiger partial charge in [-0.3, -0.25) is 4.79 Å². The molecule has 3 nitrogen and oxygen atoms in total. The second kappa shape index (κ2) is 9.28. The summed E-state index contributed by atoms with van der Waals surface area (Å²) < 4.78 is 0. The van der Waals surface area contributed by atoms with Crippen molar-refractivity contribution in [2.75, 3.05) is 12.4 Å². The maximum absolute atomic E-state index is 11.2. The number of aliphatic hydroxyl groups excluding tert-OH is 1. The largest absolute Gasteiger partial charge is 0.393 e. The number of amides is 1. The Morgan fingerprint density at radius 2 is 2.21 bits per heavy atom. The summed E-state index contributed by atoms with van der Waals surface area (Å²) in [4.78, 5) is 11.2. The minimum absolute atomic E-state index is 0.0541. The van der Waals surface area contributed by atoms with Crippen LogP contribution in [-0.2, 0) is 4.79 Å². The van der Waals surface area contributed by atoms with E-state index in [1.54, 1.807) is 0 Å². The fourth-order valence-corrected chi connectivity index (χ4v) is 1.24. The summed E-state index contributed by atoms with van der Waals surface area (Å²) in [6.45, 7) is 2.49. The van der Waals surface area contributed by atoms with E-state index in [-0.39, 0.29) is 12.0 Å². The smallest absolute Gasteiger partial charge is 0.219 e. The second-order valence-corrected chi connectivity index (χ2v) is 3.72. The summed E-state index contributed by atoms with van der Waals surface area (Å²) in [5, 5.41) is 12.0. The zero-order chi connectivity index (χ0) is 10.8. The SMILES string of the molecule is CCC(O)CCNC(=O)CCCCCl. The third kappa shape index (κ3) is 8.32. The lowest BCUT2D eigenvalue weighted by Gasteiger charge is -2.08. The molecule has 0 heterocycles. The molecule has 1 atom stereocenters. The highest BCUT2D eigenvalue weighted by molar-refractivity contribution is 6.17. The lowest BCUT2D eigenvalue weighted by Crippen LogP contribution is -2.26. The van der Waals surface area contributed by atoms with Gasteiger partial charge in [0.2, 0.25) is 5.91 Å². The van der Waals surface area contributed by atoms with Crippen molar-refractivity contribution in [3.63, 3.8) is 0 Å². The summed E-state index contributed by atoms with van der Waals surface area (Å²) in [6, 6.07) is 0. The van der Waals surface area contributed by atoms with Gasteiger partial charge in [0.1, 0.15) is 0 Å². The number of hydrogen-bond donors (Lipinski definition) is 2. The van der Waals surface area contributed by atoms with Gasteiger partial charge in [-0.05, 0) is 25.7 Å². The minimum Gasteiger partial charge on any atom is -0.393 e. The Kier molecular flexibility index (Phi) is 9.10. The number of aliphatic hydroxyl groups is 1. The molecule has 0 aromatic rings. The van der Waals surface area contributed by atoms with Crippen LogP contribution in [0.4, 0.5) is 0 Å². The van der Waals surface area contributed by atoms with Gasteiger partial charge in [-0.25, -0.2) is 0 Å². The molecule has 1 unspecified atom stereocenters. The van der Waals surface area contributed by atoms with Gasteiger partial charge in [-0.1, -0.05) is 6.92 Å². The van der Waals surface area contributed by atoms with Crippen LogP contribution in [0.5, 0.6) is 0 Å². The van der Waals surface area contributed by atoms with Crippen LogP contribution >= 0.6 is 11.6 Å². The lowest BCUT2D eigenvalue weighted by atomic mass is 10.2. The van der Waals surface area contributed by atoms with E-state index in [0.717, 1.165) is 19.3 Å². The molecule has 0 aromatic carbocycles. The Balaban J connectivity index is 3.26. The van der Waals surface area contributed by atoms with Crippen molar-refractivity contribution >= 4 is 17.5 Å². The summed E-state index contributed by atoms with van der Waals surface area (Å²) in [5.74, 6) is 0.667. The number of rotatable bonds is 8. The lowest BCUT2D eigenvalue weighted by molar-refractivity contribution is -0.121. The predicted octanol–water partition coefficient (Wildman–Crippen LogP) is 1.67. The molecule has 0 radical (unpaired) electrons. The van der Waals surface area contributed by atoms with Crippen molar-refractivity contribution < 1.29 is 9.90 Å². The Labute approximate surface area is 90.8 Å². The van der Waals surface area contributed by atoms with E-state index in [1.807, 2.05) is 6.92 Å². The van der Waals surface area contributed by atoms with Crippen molar-refractivity contribution in [1.29, 1.82) is 0 Å². The predicted molar refractivity (Wildman–Crippen MR) is 58.5 cm³/mol. The zero-order valence-corrected chi connectivity index (χ0v) is 9.52. The van der Waals surface area contributed by atoms with E-state index >= 15 is 0 Å². The molecular weight excluding hydrogens is 202 g/mol. The number of halogens is 1. The van der Waals surface area contributed by atoms with Crippen molar-refractivity contribution in [3.8, 4) is 0 Å². The van der Waals surface area contributed by atoms with Gasteiger partial charge in [-0.15, -0.1) is 11.6 Å². The maximum atomic E-state index is 11.2. The standard InChI is InChI=1S/C10H20ClNO2/c1-2-9(13)6-8-12-10(14)5-3-4-7-11/h9,13H,2-8H2,1H3,(H,12,14). The molecule has 1 amide bonds. The van der Waals surface area contributed by atoms with Gasteiger partial charge >= 0.3 is 0 Å². The van der Waals surface area contributed by atoms with Crippen molar-refractivity contribution in [2.24, 2.45) is 0 Å². The average molecular weight is 222 g/mol. The summed E-state index contributed by atoms with van der Waals surface area (Å²) in [5.41, 5.74) is 0. The number of carbonyl (C=O) groups excluding carboxylic acids is 1. The van der Waals surface area contributed by atoms with Crippen LogP contribution < -0.4 is 5.32 Å². The van der Waals surface area contributed by atoms with Gasteiger partial charge in [0.15, 0.2) is 0 Å². The molecule has 0 aliphatic heterocycles. The third-order valence-corrected chi connectivity index (χ3v) is 2.33. The van der Waals surface area contributed by atoms with E-state index in [9.17, 15) is 9.90 Å². The van der Waals surface area contributed by atoms with Crippen molar-refractivity contribution in [2.45, 2.75) is 45.1 Å². The number of unbranched alkanes of at least 4 members (excludes halogenated alkanes) is 1. The number of hydrogen-bond acceptors (Lipinski definition) is 2. The van der Waals surface area contributed by atoms with Gasteiger partial charge in [-0.2, -0.15) is 0 Å². The number of nitrogens with one attached hydrogen (secondary N) is 1. The highest BCUT2D eigenvalue weighted by Gasteiger charge is 2.03. The Bertz CT molecular complexity index is 153. The van der Waals surface area contributed by atoms with Gasteiger partial charge in [0, 0.05) is 18.8 Å². The fourth-order valence-electron chi connectivity index (χ4n) is 1.05. The van der Waals surface area contributed by atoms with Gasteiger partial charge in [0.05, 0.1) is 6.10 Å². The minimum atomic E-state index is -0.293. The number of carbonyl (C=O) groups is 1. The van der Waals surface area contributed by atoms with E-state index in [2.05, 4.69) is 5.32 Å². The van der Waals surface area contributed by atoms with E-state index in [4.69, 9.17) is 11.6 Å². The highest BCUT2D eigenvalue weighted by atomic mass is 35.5. The molecule has 14 heavy (non-hydrogen) atoms. The quantitative estimate of drug-likeness (QED) is 0.484. The molecule has 0 bridgehead atoms. The Morgan fingerprint density at radius 3 is 2.79 bits per heavy atom. The van der Waals surface area contributed by atoms with Gasteiger partial charge in [0.25, 0.3) is 0 Å². The molecule has 0 saturated heterocycles. The molecule has 84 valence electrons. The molecule has 4 heteroatoms. The number of alkyl halides is 1. The van der Waals surface area contributed by atoms with Crippen LogP contribution in [0.15, 0.2) is 0 Å². The first kappa shape index (κ1) is 13.7. The molecule has 0 spiro atoms. The van der Waals surface area contributed by atoms with E-state index < -0.39 is 0 Å². The Hall–Kier alpha value is -0.280. The van der Waals surface area contributed by atoms with Crippen LogP contribution in [0.2, 0.25) is 0 Å². The molecule has 0 aliphatic carbocycles. The molecule has 0 fully saturated rings. The van der Waals surface area contributed by atoms with Gasteiger partial charge < -0.3 is 10.4 Å². The first-order valence-electron chi connectivity index (χ1n) is 5.21. The monoisotopic (exact) mass is 221 g/mol. The highest BCUT2D eigenvalue weighted by Crippen LogP contribution is 1.98. The van der Waals surface area contributed by atoms with Crippen LogP contribution in [0.25, 0.3) is 0 Å². The summed E-state index contributed by atoms with van der Waals surface area (Å²) in [6.07, 6.45) is 3.34. The third-order valence-electron chi connectivity index (χ3n) is 2.06. The summed E-state index contributed by atoms with van der Waals surface area (Å²) >= 11 is 5.48. The summed E-state index contributed by atoms with van der Waals surface area (Å²) in [7, 11) is 0. The van der Waals surface area contributed by atoms with Crippen LogP contribution in [0, 0.1) is 0 Å². The molecule has 0 aromatic heterocycles. The van der Waals surface area contributed by atoms with Crippen LogP contribution in [-0.4, -0.2) is 29.5 Å². The average Bonchev–Trinajstić information content (AvgIpc) is 2.18. The molecule has 0 rings (SSSR count). The second-order valence-electron chi connectivity index (χ2n) is 3.35. The molecule has 0 aliphatic rings. The first-order chi connectivity index (χ1) is 6.70. The normalized spacial score (nSPS) is 12.5. The van der Waals surface area contributed by atoms with E-state index in [0.29, 0.717) is 25.3 Å². The molecule has 2 N–H and O–H groups in total. The topological polar surface area (TPSA) is 49.3 Å². The van der Waals surface area contributed by atoms with Crippen LogP contribution in [0.3, 0.4) is 0 Å². The molecule has 0 saturated carbocycles. The zero-order valence-electron chi connectivity index (χ0n) is 8.76. The molecular formula is C10H20ClNO2. The maximum Gasteiger partial charge on any atom is 0.219 e.